The second kappa shape index (κ2) is 8.74. The lowest BCUT2D eigenvalue weighted by molar-refractivity contribution is 0.140. The number of imidazole rings is 1. The SMILES string of the molecule is CCOCCn1c(N/N=C/c2ccc(OC)cc2)nc2c1c(=O)n(C)c(=O)n2C. The lowest BCUT2D eigenvalue weighted by Crippen LogP contribution is -2.37. The average molecular weight is 400 g/mol. The predicted octanol–water partition coefficient (Wildman–Crippen LogP) is 0.925. The minimum absolute atomic E-state index is 0.289. The van der Waals surface area contributed by atoms with E-state index in [1.165, 1.54) is 11.6 Å². The minimum Gasteiger partial charge on any atom is -0.497 e. The highest BCUT2D eigenvalue weighted by Gasteiger charge is 2.18. The van der Waals surface area contributed by atoms with Crippen molar-refractivity contribution in [2.24, 2.45) is 19.2 Å². The number of fused-ring (bicyclic) bond motifs is 1. The Labute approximate surface area is 167 Å². The number of hydrogen-bond acceptors (Lipinski definition) is 7. The molecule has 0 unspecified atom stereocenters. The maximum atomic E-state index is 12.7. The molecule has 3 aromatic rings. The van der Waals surface area contributed by atoms with Gasteiger partial charge in [0.2, 0.25) is 5.95 Å². The fourth-order valence-electron chi connectivity index (χ4n) is 2.90. The highest BCUT2D eigenvalue weighted by molar-refractivity contribution is 5.80. The number of aryl methyl sites for hydroxylation is 1. The Kier molecular flexibility index (Phi) is 6.13. The summed E-state index contributed by atoms with van der Waals surface area (Å²) in [6.45, 7) is 3.23. The third kappa shape index (κ3) is 4.06. The van der Waals surface area contributed by atoms with Crippen molar-refractivity contribution in [3.63, 3.8) is 0 Å². The second-order valence-electron chi connectivity index (χ2n) is 6.31. The van der Waals surface area contributed by atoms with Gasteiger partial charge in [-0.3, -0.25) is 13.9 Å². The molecule has 2 aromatic heterocycles. The molecule has 0 amide bonds. The summed E-state index contributed by atoms with van der Waals surface area (Å²) in [5.74, 6) is 1.10. The zero-order valence-electron chi connectivity index (χ0n) is 16.9. The Balaban J connectivity index is 1.98. The van der Waals surface area contributed by atoms with Crippen molar-refractivity contribution < 1.29 is 9.47 Å². The third-order valence-electron chi connectivity index (χ3n) is 4.51. The molecule has 0 bridgehead atoms. The van der Waals surface area contributed by atoms with E-state index in [2.05, 4.69) is 15.5 Å². The van der Waals surface area contributed by atoms with Gasteiger partial charge in [0, 0.05) is 27.2 Å². The van der Waals surface area contributed by atoms with Crippen LogP contribution in [-0.4, -0.2) is 45.2 Å². The summed E-state index contributed by atoms with van der Waals surface area (Å²) in [7, 11) is 4.63. The van der Waals surface area contributed by atoms with Gasteiger partial charge in [-0.05, 0) is 36.8 Å². The van der Waals surface area contributed by atoms with Gasteiger partial charge in [0.25, 0.3) is 5.56 Å². The van der Waals surface area contributed by atoms with Crippen LogP contribution in [0.25, 0.3) is 11.2 Å². The van der Waals surface area contributed by atoms with Crippen LogP contribution in [0, 0.1) is 0 Å². The van der Waals surface area contributed by atoms with Gasteiger partial charge in [-0.15, -0.1) is 0 Å². The summed E-state index contributed by atoms with van der Waals surface area (Å²) < 4.78 is 14.6. The number of rotatable bonds is 8. The summed E-state index contributed by atoms with van der Waals surface area (Å²) in [4.78, 5) is 29.3. The van der Waals surface area contributed by atoms with Crippen molar-refractivity contribution in [3.05, 3.63) is 50.7 Å². The molecule has 0 aliphatic carbocycles. The van der Waals surface area contributed by atoms with Crippen LogP contribution in [0.5, 0.6) is 5.75 Å². The largest absolute Gasteiger partial charge is 0.497 e. The molecule has 0 spiro atoms. The molecule has 0 aliphatic rings. The second-order valence-corrected chi connectivity index (χ2v) is 6.31. The highest BCUT2D eigenvalue weighted by Crippen LogP contribution is 2.16. The Morgan fingerprint density at radius 1 is 1.17 bits per heavy atom. The first-order valence-electron chi connectivity index (χ1n) is 9.15. The highest BCUT2D eigenvalue weighted by atomic mass is 16.5. The first-order valence-corrected chi connectivity index (χ1v) is 9.15. The number of benzene rings is 1. The summed E-state index contributed by atoms with van der Waals surface area (Å²) in [6, 6.07) is 7.39. The number of nitrogens with zero attached hydrogens (tertiary/aromatic N) is 5. The van der Waals surface area contributed by atoms with Crippen LogP contribution in [-0.2, 0) is 25.4 Å². The van der Waals surface area contributed by atoms with Gasteiger partial charge in [-0.2, -0.15) is 10.1 Å². The molecule has 0 aliphatic heterocycles. The van der Waals surface area contributed by atoms with Crippen LogP contribution in [0.2, 0.25) is 0 Å². The zero-order chi connectivity index (χ0) is 21.0. The molecule has 0 saturated carbocycles. The van der Waals surface area contributed by atoms with E-state index in [-0.39, 0.29) is 5.65 Å². The van der Waals surface area contributed by atoms with Crippen molar-refractivity contribution in [2.75, 3.05) is 25.7 Å². The number of hydrogen-bond donors (Lipinski definition) is 1. The molecule has 154 valence electrons. The van der Waals surface area contributed by atoms with Crippen molar-refractivity contribution >= 4 is 23.3 Å². The molecule has 0 saturated heterocycles. The Bertz CT molecular complexity index is 1140. The summed E-state index contributed by atoms with van der Waals surface area (Å²) in [5, 5.41) is 4.22. The van der Waals surface area contributed by atoms with Crippen LogP contribution in [0.15, 0.2) is 39.0 Å². The number of anilines is 1. The van der Waals surface area contributed by atoms with Gasteiger partial charge in [-0.1, -0.05) is 0 Å². The molecule has 1 N–H and O–H groups in total. The molecule has 29 heavy (non-hydrogen) atoms. The lowest BCUT2D eigenvalue weighted by Gasteiger charge is -2.09. The van der Waals surface area contributed by atoms with Crippen molar-refractivity contribution in [1.29, 1.82) is 0 Å². The van der Waals surface area contributed by atoms with Crippen LogP contribution in [0.1, 0.15) is 12.5 Å². The van der Waals surface area contributed by atoms with Gasteiger partial charge >= 0.3 is 5.69 Å². The standard InChI is InChI=1S/C19H24N6O4/c1-5-29-11-10-25-15-16(23(2)19(27)24(3)17(15)26)21-18(25)22-20-12-13-6-8-14(28-4)9-7-13/h6-9,12H,5,10-11H2,1-4H3,(H,21,22)/b20-12+. The van der Waals surface area contributed by atoms with E-state index in [0.717, 1.165) is 15.9 Å². The number of ether oxygens (including phenoxy) is 2. The molecular weight excluding hydrogens is 376 g/mol. The van der Waals surface area contributed by atoms with Gasteiger partial charge in [0.05, 0.1) is 19.9 Å². The number of nitrogens with one attached hydrogen (secondary N) is 1. The monoisotopic (exact) mass is 400 g/mol. The maximum absolute atomic E-state index is 12.7. The molecule has 0 radical (unpaired) electrons. The van der Waals surface area contributed by atoms with Crippen LogP contribution < -0.4 is 21.4 Å². The molecule has 2 heterocycles. The van der Waals surface area contributed by atoms with Crippen molar-refractivity contribution in [3.8, 4) is 5.75 Å². The Hall–Kier alpha value is -3.40. The average Bonchev–Trinajstić information content (AvgIpc) is 3.10. The topological polar surface area (TPSA) is 105 Å². The normalized spacial score (nSPS) is 11.4. The molecule has 10 heteroatoms. The van der Waals surface area contributed by atoms with Gasteiger partial charge in [0.1, 0.15) is 5.75 Å². The Morgan fingerprint density at radius 2 is 1.90 bits per heavy atom. The van der Waals surface area contributed by atoms with Crippen LogP contribution in [0.3, 0.4) is 0 Å². The Morgan fingerprint density at radius 3 is 2.55 bits per heavy atom. The molecule has 0 atom stereocenters. The molecular formula is C19H24N6O4. The van der Waals surface area contributed by atoms with Gasteiger partial charge in [0.15, 0.2) is 11.2 Å². The zero-order valence-corrected chi connectivity index (χ0v) is 16.9. The molecule has 1 aromatic carbocycles. The minimum atomic E-state index is -0.440. The van der Waals surface area contributed by atoms with E-state index in [4.69, 9.17) is 9.47 Å². The predicted molar refractivity (Wildman–Crippen MR) is 111 cm³/mol. The molecule has 0 fully saturated rings. The lowest BCUT2D eigenvalue weighted by atomic mass is 10.2. The molecule has 3 rings (SSSR count). The summed E-state index contributed by atoms with van der Waals surface area (Å²) >= 11 is 0. The first kappa shape index (κ1) is 20.3. The van der Waals surface area contributed by atoms with E-state index in [9.17, 15) is 9.59 Å². The fraction of sp³-hybridized carbons (Fsp3) is 0.368. The van der Waals surface area contributed by atoms with Crippen molar-refractivity contribution in [2.45, 2.75) is 13.5 Å². The molecule has 10 nitrogen and oxygen atoms in total. The third-order valence-corrected chi connectivity index (χ3v) is 4.51. The van der Waals surface area contributed by atoms with E-state index in [1.54, 1.807) is 24.9 Å². The summed E-state index contributed by atoms with van der Waals surface area (Å²) in [6.07, 6.45) is 1.63. The van der Waals surface area contributed by atoms with Crippen LogP contribution >= 0.6 is 0 Å². The van der Waals surface area contributed by atoms with E-state index in [0.29, 0.717) is 31.2 Å². The van der Waals surface area contributed by atoms with Crippen LogP contribution in [0.4, 0.5) is 5.95 Å². The summed E-state index contributed by atoms with van der Waals surface area (Å²) in [5.41, 5.74) is 3.48. The maximum Gasteiger partial charge on any atom is 0.332 e. The van der Waals surface area contributed by atoms with E-state index < -0.39 is 11.2 Å². The number of hydrazone groups is 1. The van der Waals surface area contributed by atoms with Gasteiger partial charge < -0.3 is 14.0 Å². The first-order chi connectivity index (χ1) is 14.0. The smallest absolute Gasteiger partial charge is 0.332 e. The number of aromatic nitrogens is 4. The van der Waals surface area contributed by atoms with Crippen molar-refractivity contribution in [1.82, 2.24) is 18.7 Å². The number of methoxy groups -OCH3 is 1. The fourth-order valence-corrected chi connectivity index (χ4v) is 2.90. The van der Waals surface area contributed by atoms with E-state index >= 15 is 0 Å². The van der Waals surface area contributed by atoms with Gasteiger partial charge in [-0.25, -0.2) is 10.2 Å². The quantitative estimate of drug-likeness (QED) is 0.343. The van der Waals surface area contributed by atoms with E-state index in [1.807, 2.05) is 31.2 Å².